The second-order valence-electron chi connectivity index (χ2n) is 7.62. The molecule has 31 heavy (non-hydrogen) atoms. The minimum Gasteiger partial charge on any atom is -0.304 e. The maximum atomic E-state index is 6.36. The first kappa shape index (κ1) is 21.3. The second kappa shape index (κ2) is 10.4. The Morgan fingerprint density at radius 3 is 2.26 bits per heavy atom. The van der Waals surface area contributed by atoms with Crippen molar-refractivity contribution in [2.24, 2.45) is 0 Å². The van der Waals surface area contributed by atoms with E-state index in [0.717, 1.165) is 40.4 Å². The summed E-state index contributed by atoms with van der Waals surface area (Å²) >= 11 is 6.36. The molecule has 3 aromatic carbocycles. The number of halogens is 1. The zero-order valence-corrected chi connectivity index (χ0v) is 18.5. The lowest BCUT2D eigenvalue weighted by Gasteiger charge is -2.18. The van der Waals surface area contributed by atoms with Crippen LogP contribution in [-0.4, -0.2) is 15.0 Å². The average molecular weight is 431 g/mol. The summed E-state index contributed by atoms with van der Waals surface area (Å²) in [5, 5.41) is 14.1. The smallest absolute Gasteiger partial charge is 0.117 e. The molecule has 158 valence electrons. The summed E-state index contributed by atoms with van der Waals surface area (Å²) < 4.78 is 0. The fraction of sp³-hybridized carbons (Fsp3) is 0.231. The van der Waals surface area contributed by atoms with Crippen LogP contribution >= 0.6 is 11.6 Å². The van der Waals surface area contributed by atoms with E-state index >= 15 is 0 Å². The summed E-state index contributed by atoms with van der Waals surface area (Å²) in [5.41, 5.74) is 5.22. The molecule has 0 spiro atoms. The van der Waals surface area contributed by atoms with Crippen LogP contribution in [0.25, 0.3) is 11.3 Å². The van der Waals surface area contributed by atoms with Gasteiger partial charge in [0.05, 0.1) is 6.54 Å². The Morgan fingerprint density at radius 2 is 1.55 bits per heavy atom. The number of benzene rings is 3. The molecule has 0 aliphatic rings. The molecule has 0 unspecified atom stereocenters. The zero-order valence-electron chi connectivity index (χ0n) is 17.7. The molecule has 0 bridgehead atoms. The lowest BCUT2D eigenvalue weighted by molar-refractivity contribution is 0.485. The lowest BCUT2D eigenvalue weighted by Crippen LogP contribution is -2.21. The van der Waals surface area contributed by atoms with Gasteiger partial charge in [-0.1, -0.05) is 104 Å². The van der Waals surface area contributed by atoms with Crippen LogP contribution in [0.1, 0.15) is 42.6 Å². The second-order valence-corrected chi connectivity index (χ2v) is 8.02. The third kappa shape index (κ3) is 5.40. The summed E-state index contributed by atoms with van der Waals surface area (Å²) in [7, 11) is 0. The van der Waals surface area contributed by atoms with Gasteiger partial charge in [0.2, 0.25) is 0 Å². The molecule has 0 radical (unpaired) electrons. The molecular formula is C26H27ClN4. The van der Waals surface area contributed by atoms with Gasteiger partial charge >= 0.3 is 0 Å². The van der Waals surface area contributed by atoms with Crippen molar-refractivity contribution < 1.29 is 0 Å². The quantitative estimate of drug-likeness (QED) is 0.340. The van der Waals surface area contributed by atoms with Crippen LogP contribution < -0.4 is 5.32 Å². The van der Waals surface area contributed by atoms with Crippen molar-refractivity contribution in [2.75, 3.05) is 0 Å². The maximum Gasteiger partial charge on any atom is 0.117 e. The highest BCUT2D eigenvalue weighted by molar-refractivity contribution is 6.31. The summed E-state index contributed by atoms with van der Waals surface area (Å²) in [4.78, 5) is 1.75. The highest BCUT2D eigenvalue weighted by Crippen LogP contribution is 2.24. The van der Waals surface area contributed by atoms with E-state index < -0.39 is 0 Å². The predicted octanol–water partition coefficient (Wildman–Crippen LogP) is 6.28. The van der Waals surface area contributed by atoms with E-state index in [0.29, 0.717) is 13.1 Å². The summed E-state index contributed by atoms with van der Waals surface area (Å²) in [6, 6.07) is 28.9. The Bertz CT molecular complexity index is 1090. The van der Waals surface area contributed by atoms with Gasteiger partial charge in [-0.15, -0.1) is 0 Å². The first-order chi connectivity index (χ1) is 15.2. The molecule has 0 aliphatic carbocycles. The van der Waals surface area contributed by atoms with Gasteiger partial charge in [0.25, 0.3) is 0 Å². The fourth-order valence-electron chi connectivity index (χ4n) is 3.75. The van der Waals surface area contributed by atoms with Crippen molar-refractivity contribution in [3.05, 3.63) is 107 Å². The van der Waals surface area contributed by atoms with E-state index in [4.69, 9.17) is 21.8 Å². The molecule has 0 fully saturated rings. The standard InChI is InChI=1S/C26H27ClN4/c1-2-11-24(20-12-5-3-6-13-20)28-18-25-26(21-14-7-4-8-15-21)30-31(29-25)19-22-16-9-10-17-23(22)27/h3-10,12-17,24,28H,2,11,18-19H2,1H3/t24-/m0/s1. The molecule has 1 N–H and O–H groups in total. The molecule has 1 aromatic heterocycles. The van der Waals surface area contributed by atoms with E-state index in [1.54, 1.807) is 4.80 Å². The van der Waals surface area contributed by atoms with E-state index in [1.807, 2.05) is 42.5 Å². The van der Waals surface area contributed by atoms with Gasteiger partial charge < -0.3 is 5.32 Å². The van der Waals surface area contributed by atoms with Gasteiger partial charge in [0.15, 0.2) is 0 Å². The third-order valence-electron chi connectivity index (χ3n) is 5.34. The van der Waals surface area contributed by atoms with Crippen LogP contribution in [0.3, 0.4) is 0 Å². The van der Waals surface area contributed by atoms with Gasteiger partial charge in [-0.2, -0.15) is 15.0 Å². The highest BCUT2D eigenvalue weighted by Gasteiger charge is 2.16. The Hall–Kier alpha value is -2.95. The van der Waals surface area contributed by atoms with Crippen LogP contribution in [0.2, 0.25) is 5.02 Å². The monoisotopic (exact) mass is 430 g/mol. The van der Waals surface area contributed by atoms with Gasteiger partial charge in [-0.05, 0) is 23.6 Å². The largest absolute Gasteiger partial charge is 0.304 e. The molecular weight excluding hydrogens is 404 g/mol. The van der Waals surface area contributed by atoms with E-state index in [2.05, 4.69) is 54.7 Å². The number of nitrogens with one attached hydrogen (secondary N) is 1. The van der Waals surface area contributed by atoms with Crippen LogP contribution in [0.5, 0.6) is 0 Å². The first-order valence-electron chi connectivity index (χ1n) is 10.8. The van der Waals surface area contributed by atoms with E-state index in [9.17, 15) is 0 Å². The van der Waals surface area contributed by atoms with Gasteiger partial charge in [-0.3, -0.25) is 0 Å². The first-order valence-corrected chi connectivity index (χ1v) is 11.1. The van der Waals surface area contributed by atoms with Crippen LogP contribution in [0.15, 0.2) is 84.9 Å². The fourth-order valence-corrected chi connectivity index (χ4v) is 3.95. The molecule has 4 rings (SSSR count). The van der Waals surface area contributed by atoms with Crippen molar-refractivity contribution in [2.45, 2.75) is 38.9 Å². The minimum atomic E-state index is 0.281. The molecule has 0 saturated heterocycles. The number of aromatic nitrogens is 3. The molecule has 1 atom stereocenters. The predicted molar refractivity (Wildman–Crippen MR) is 127 cm³/mol. The summed E-state index contributed by atoms with van der Waals surface area (Å²) in [5.74, 6) is 0. The van der Waals surface area contributed by atoms with Crippen molar-refractivity contribution >= 4 is 11.6 Å². The molecule has 0 aliphatic heterocycles. The van der Waals surface area contributed by atoms with Crippen molar-refractivity contribution in [3.63, 3.8) is 0 Å². The SMILES string of the molecule is CCC[C@H](NCc1nn(Cc2ccccc2Cl)nc1-c1ccccc1)c1ccccc1. The third-order valence-corrected chi connectivity index (χ3v) is 5.71. The minimum absolute atomic E-state index is 0.281. The average Bonchev–Trinajstić information content (AvgIpc) is 3.22. The van der Waals surface area contributed by atoms with Crippen molar-refractivity contribution in [1.29, 1.82) is 0 Å². The molecule has 1 heterocycles. The van der Waals surface area contributed by atoms with Crippen molar-refractivity contribution in [3.8, 4) is 11.3 Å². The number of nitrogens with zero attached hydrogens (tertiary/aromatic N) is 3. The molecule has 4 aromatic rings. The molecule has 0 saturated carbocycles. The zero-order chi connectivity index (χ0) is 21.5. The lowest BCUT2D eigenvalue weighted by atomic mass is 10.0. The van der Waals surface area contributed by atoms with Gasteiger partial charge in [0.1, 0.15) is 11.4 Å². The number of rotatable bonds is 9. The summed E-state index contributed by atoms with van der Waals surface area (Å²) in [6.07, 6.45) is 2.18. The van der Waals surface area contributed by atoms with Crippen LogP contribution in [0.4, 0.5) is 0 Å². The Balaban J connectivity index is 1.60. The number of hydrogen-bond donors (Lipinski definition) is 1. The van der Waals surface area contributed by atoms with Crippen molar-refractivity contribution in [1.82, 2.24) is 20.3 Å². The number of hydrogen-bond acceptors (Lipinski definition) is 3. The van der Waals surface area contributed by atoms with Gasteiger partial charge in [-0.25, -0.2) is 0 Å². The molecule has 4 nitrogen and oxygen atoms in total. The summed E-state index contributed by atoms with van der Waals surface area (Å²) in [6.45, 7) is 3.40. The highest BCUT2D eigenvalue weighted by atomic mass is 35.5. The Labute approximate surface area is 188 Å². The van der Waals surface area contributed by atoms with Gasteiger partial charge in [0, 0.05) is 23.2 Å². The van der Waals surface area contributed by atoms with Crippen LogP contribution in [-0.2, 0) is 13.1 Å². The normalized spacial score (nSPS) is 12.1. The molecule has 0 amide bonds. The topological polar surface area (TPSA) is 42.7 Å². The maximum absolute atomic E-state index is 6.36. The van der Waals surface area contributed by atoms with Crippen LogP contribution in [0, 0.1) is 0 Å². The Kier molecular flexibility index (Phi) is 7.13. The molecule has 5 heteroatoms. The Morgan fingerprint density at radius 1 is 0.871 bits per heavy atom. The van der Waals surface area contributed by atoms with E-state index in [1.165, 1.54) is 5.56 Å². The van der Waals surface area contributed by atoms with E-state index in [-0.39, 0.29) is 6.04 Å².